The van der Waals surface area contributed by atoms with Crippen LogP contribution in [0.15, 0.2) is 58.2 Å². The number of halogens is 1. The van der Waals surface area contributed by atoms with Gasteiger partial charge in [0, 0.05) is 15.9 Å². The molecule has 5 heteroatoms. The highest BCUT2D eigenvalue weighted by Gasteiger charge is 2.12. The van der Waals surface area contributed by atoms with E-state index in [2.05, 4.69) is 80.1 Å². The first kappa shape index (κ1) is 15.3. The molecule has 0 atom stereocenters. The molecule has 3 nitrogen and oxygen atoms in total. The Kier molecular flexibility index (Phi) is 4.64. The first-order chi connectivity index (χ1) is 10.6. The molecular formula is C17H16BrN3S. The Labute approximate surface area is 142 Å². The van der Waals surface area contributed by atoms with E-state index in [1.54, 1.807) is 11.8 Å². The van der Waals surface area contributed by atoms with Crippen molar-refractivity contribution in [2.75, 3.05) is 0 Å². The Bertz CT molecular complexity index is 781. The van der Waals surface area contributed by atoms with E-state index < -0.39 is 0 Å². The molecule has 3 aromatic rings. The lowest BCUT2D eigenvalue weighted by atomic mass is 10.2. The first-order valence-corrected chi connectivity index (χ1v) is 8.78. The summed E-state index contributed by atoms with van der Waals surface area (Å²) in [5.74, 6) is 1.75. The fraction of sp³-hybridized carbons (Fsp3) is 0.176. The van der Waals surface area contributed by atoms with Gasteiger partial charge < -0.3 is 0 Å². The van der Waals surface area contributed by atoms with E-state index in [4.69, 9.17) is 0 Å². The number of aromatic nitrogens is 3. The summed E-state index contributed by atoms with van der Waals surface area (Å²) in [6.45, 7) is 4.07. The molecule has 0 N–H and O–H groups in total. The van der Waals surface area contributed by atoms with Gasteiger partial charge in [-0.3, -0.25) is 4.57 Å². The van der Waals surface area contributed by atoms with Gasteiger partial charge in [0.2, 0.25) is 0 Å². The minimum Gasteiger partial charge on any atom is -0.274 e. The van der Waals surface area contributed by atoms with Gasteiger partial charge in [-0.1, -0.05) is 63.6 Å². The molecule has 1 aromatic heterocycles. The van der Waals surface area contributed by atoms with Crippen LogP contribution in [-0.2, 0) is 5.75 Å². The van der Waals surface area contributed by atoms with Crippen LogP contribution in [0.3, 0.4) is 0 Å². The van der Waals surface area contributed by atoms with Crippen LogP contribution < -0.4 is 0 Å². The van der Waals surface area contributed by atoms with Crippen molar-refractivity contribution in [1.29, 1.82) is 0 Å². The maximum absolute atomic E-state index is 4.32. The second-order valence-corrected chi connectivity index (χ2v) is 6.88. The zero-order chi connectivity index (χ0) is 15.5. The molecule has 112 valence electrons. The molecule has 0 spiro atoms. The fourth-order valence-electron chi connectivity index (χ4n) is 2.19. The Morgan fingerprint density at radius 3 is 2.45 bits per heavy atom. The lowest BCUT2D eigenvalue weighted by Gasteiger charge is -2.09. The summed E-state index contributed by atoms with van der Waals surface area (Å²) >= 11 is 5.28. The first-order valence-electron chi connectivity index (χ1n) is 7.00. The average molecular weight is 374 g/mol. The smallest absolute Gasteiger partial charge is 0.196 e. The Balaban J connectivity index is 1.86. The summed E-state index contributed by atoms with van der Waals surface area (Å²) in [5.41, 5.74) is 3.60. The van der Waals surface area contributed by atoms with E-state index in [0.717, 1.165) is 26.9 Å². The zero-order valence-electron chi connectivity index (χ0n) is 12.5. The van der Waals surface area contributed by atoms with Crippen LogP contribution in [0, 0.1) is 13.8 Å². The molecule has 0 aliphatic carbocycles. The molecule has 3 rings (SSSR count). The van der Waals surface area contributed by atoms with Gasteiger partial charge >= 0.3 is 0 Å². The van der Waals surface area contributed by atoms with Crippen LogP contribution in [0.2, 0.25) is 0 Å². The molecule has 0 amide bonds. The van der Waals surface area contributed by atoms with Gasteiger partial charge in [-0.05, 0) is 37.6 Å². The molecular weight excluding hydrogens is 358 g/mol. The van der Waals surface area contributed by atoms with Gasteiger partial charge in [-0.25, -0.2) is 0 Å². The summed E-state index contributed by atoms with van der Waals surface area (Å²) < 4.78 is 3.22. The zero-order valence-corrected chi connectivity index (χ0v) is 14.9. The van der Waals surface area contributed by atoms with Crippen LogP contribution in [0.1, 0.15) is 17.0 Å². The molecule has 0 radical (unpaired) electrons. The minimum atomic E-state index is 0.853. The van der Waals surface area contributed by atoms with Crippen LogP contribution in [0.4, 0.5) is 0 Å². The summed E-state index contributed by atoms with van der Waals surface area (Å²) in [6, 6.07) is 16.7. The van der Waals surface area contributed by atoms with Gasteiger partial charge in [0.15, 0.2) is 5.16 Å². The van der Waals surface area contributed by atoms with Crippen molar-refractivity contribution in [3.63, 3.8) is 0 Å². The number of hydrogen-bond acceptors (Lipinski definition) is 3. The second kappa shape index (κ2) is 6.67. The highest BCUT2D eigenvalue weighted by Crippen LogP contribution is 2.28. The maximum atomic E-state index is 4.32. The van der Waals surface area contributed by atoms with Crippen LogP contribution in [0.25, 0.3) is 5.69 Å². The largest absolute Gasteiger partial charge is 0.274 e. The van der Waals surface area contributed by atoms with Crippen molar-refractivity contribution in [3.05, 3.63) is 70.0 Å². The standard InChI is InChI=1S/C17H16BrN3S/c1-12-7-9-15(10-8-12)21-13(2)19-20-17(21)22-11-14-5-3-4-6-16(14)18/h3-10H,11H2,1-2H3. The number of benzene rings is 2. The third kappa shape index (κ3) is 3.25. The van der Waals surface area contributed by atoms with Crippen LogP contribution in [0.5, 0.6) is 0 Å². The molecule has 0 aliphatic rings. The van der Waals surface area contributed by atoms with Crippen LogP contribution >= 0.6 is 27.7 Å². The number of thioether (sulfide) groups is 1. The highest BCUT2D eigenvalue weighted by atomic mass is 79.9. The quantitative estimate of drug-likeness (QED) is 0.606. The summed E-state index contributed by atoms with van der Waals surface area (Å²) in [5, 5.41) is 9.46. The Hall–Kier alpha value is -1.59. The summed E-state index contributed by atoms with van der Waals surface area (Å²) in [4.78, 5) is 0. The van der Waals surface area contributed by atoms with E-state index in [0.29, 0.717) is 0 Å². The predicted octanol–water partition coefficient (Wildman–Crippen LogP) is 4.94. The second-order valence-electron chi connectivity index (χ2n) is 5.08. The van der Waals surface area contributed by atoms with Crippen molar-refractivity contribution in [2.45, 2.75) is 24.8 Å². The maximum Gasteiger partial charge on any atom is 0.196 e. The fourth-order valence-corrected chi connectivity index (χ4v) is 3.80. The van der Waals surface area contributed by atoms with Gasteiger partial charge in [0.05, 0.1) is 0 Å². The number of nitrogens with zero attached hydrogens (tertiary/aromatic N) is 3. The van der Waals surface area contributed by atoms with Crippen LogP contribution in [-0.4, -0.2) is 14.8 Å². The van der Waals surface area contributed by atoms with Crippen molar-refractivity contribution < 1.29 is 0 Å². The predicted molar refractivity (Wildman–Crippen MR) is 94.5 cm³/mol. The summed E-state index contributed by atoms with van der Waals surface area (Å²) in [7, 11) is 0. The van der Waals surface area contributed by atoms with Crippen molar-refractivity contribution in [3.8, 4) is 5.69 Å². The average Bonchev–Trinajstić information content (AvgIpc) is 2.88. The molecule has 22 heavy (non-hydrogen) atoms. The number of hydrogen-bond donors (Lipinski definition) is 0. The molecule has 0 unspecified atom stereocenters. The van der Waals surface area contributed by atoms with Gasteiger partial charge in [0.1, 0.15) is 5.82 Å². The third-order valence-electron chi connectivity index (χ3n) is 3.40. The lowest BCUT2D eigenvalue weighted by molar-refractivity contribution is 0.867. The molecule has 0 saturated heterocycles. The monoisotopic (exact) mass is 373 g/mol. The van der Waals surface area contributed by atoms with Gasteiger partial charge in [-0.2, -0.15) is 0 Å². The number of aryl methyl sites for hydroxylation is 2. The van der Waals surface area contributed by atoms with Crippen molar-refractivity contribution in [1.82, 2.24) is 14.8 Å². The topological polar surface area (TPSA) is 30.7 Å². The Morgan fingerprint density at radius 2 is 1.73 bits per heavy atom. The van der Waals surface area contributed by atoms with Gasteiger partial charge in [0.25, 0.3) is 0 Å². The number of rotatable bonds is 4. The van der Waals surface area contributed by atoms with E-state index in [1.165, 1.54) is 11.1 Å². The third-order valence-corrected chi connectivity index (χ3v) is 5.15. The molecule has 0 bridgehead atoms. The lowest BCUT2D eigenvalue weighted by Crippen LogP contribution is -1.99. The molecule has 0 aliphatic heterocycles. The molecule has 0 fully saturated rings. The van der Waals surface area contributed by atoms with Crippen molar-refractivity contribution in [2.24, 2.45) is 0 Å². The highest BCUT2D eigenvalue weighted by molar-refractivity contribution is 9.10. The molecule has 1 heterocycles. The Morgan fingerprint density at radius 1 is 1.00 bits per heavy atom. The van der Waals surface area contributed by atoms with E-state index in [-0.39, 0.29) is 0 Å². The van der Waals surface area contributed by atoms with E-state index in [9.17, 15) is 0 Å². The van der Waals surface area contributed by atoms with Gasteiger partial charge in [-0.15, -0.1) is 10.2 Å². The van der Waals surface area contributed by atoms with E-state index >= 15 is 0 Å². The van der Waals surface area contributed by atoms with Crippen molar-refractivity contribution >= 4 is 27.7 Å². The summed E-state index contributed by atoms with van der Waals surface area (Å²) in [6.07, 6.45) is 0. The molecule has 2 aromatic carbocycles. The molecule has 0 saturated carbocycles. The van der Waals surface area contributed by atoms with E-state index in [1.807, 2.05) is 13.0 Å². The minimum absolute atomic E-state index is 0.853. The normalized spacial score (nSPS) is 10.9. The SMILES string of the molecule is Cc1ccc(-n2c(C)nnc2SCc2ccccc2Br)cc1.